The molecule has 0 radical (unpaired) electrons. The zero-order valence-electron chi connectivity index (χ0n) is 15.8. The number of benzene rings is 1. The van der Waals surface area contributed by atoms with Crippen molar-refractivity contribution in [1.82, 2.24) is 25.5 Å². The van der Waals surface area contributed by atoms with Gasteiger partial charge >= 0.3 is 0 Å². The molecule has 3 heterocycles. The molecule has 0 bridgehead atoms. The maximum Gasteiger partial charge on any atom is 0.247 e. The molecule has 0 saturated carbocycles. The first-order valence-corrected chi connectivity index (χ1v) is 9.87. The van der Waals surface area contributed by atoms with E-state index in [9.17, 15) is 9.59 Å². The lowest BCUT2D eigenvalue weighted by atomic mass is 10.0. The number of amides is 2. The molecule has 0 aliphatic carbocycles. The maximum absolute atomic E-state index is 12.8. The summed E-state index contributed by atoms with van der Waals surface area (Å²) in [5.74, 6) is 0.436. The number of carbonyl (C=O) groups excluding carboxylic acids is 2. The van der Waals surface area contributed by atoms with Gasteiger partial charge in [-0.1, -0.05) is 6.07 Å². The third-order valence-electron chi connectivity index (χ3n) is 5.43. The number of hydrogen-bond donors (Lipinski definition) is 3. The number of hydrogen-bond acceptors (Lipinski definition) is 5. The molecule has 1 aromatic heterocycles. The van der Waals surface area contributed by atoms with Crippen molar-refractivity contribution >= 4 is 17.5 Å². The van der Waals surface area contributed by atoms with Gasteiger partial charge in [-0.05, 0) is 49.4 Å². The van der Waals surface area contributed by atoms with Crippen molar-refractivity contribution in [3.05, 3.63) is 42.7 Å². The Morgan fingerprint density at radius 2 is 2.07 bits per heavy atom. The van der Waals surface area contributed by atoms with E-state index in [1.54, 1.807) is 15.8 Å². The highest BCUT2D eigenvalue weighted by atomic mass is 16.2. The lowest BCUT2D eigenvalue weighted by molar-refractivity contribution is -0.136. The van der Waals surface area contributed by atoms with Crippen molar-refractivity contribution in [1.29, 1.82) is 0 Å². The van der Waals surface area contributed by atoms with E-state index < -0.39 is 0 Å². The van der Waals surface area contributed by atoms with Crippen LogP contribution < -0.4 is 16.2 Å². The fourth-order valence-electron chi connectivity index (χ4n) is 3.89. The summed E-state index contributed by atoms with van der Waals surface area (Å²) in [5, 5.41) is 7.19. The normalized spacial score (nSPS) is 19.9. The van der Waals surface area contributed by atoms with E-state index in [-0.39, 0.29) is 17.9 Å². The lowest BCUT2D eigenvalue weighted by Gasteiger charge is -2.24. The van der Waals surface area contributed by atoms with Crippen molar-refractivity contribution in [3.8, 4) is 5.69 Å². The van der Waals surface area contributed by atoms with Gasteiger partial charge in [0.15, 0.2) is 0 Å². The van der Waals surface area contributed by atoms with Gasteiger partial charge in [0.1, 0.15) is 6.04 Å². The highest BCUT2D eigenvalue weighted by molar-refractivity contribution is 5.97. The first-order chi connectivity index (χ1) is 13.7. The second kappa shape index (κ2) is 8.53. The van der Waals surface area contributed by atoms with Gasteiger partial charge < -0.3 is 10.2 Å². The number of nitrogens with one attached hydrogen (secondary N) is 3. The zero-order chi connectivity index (χ0) is 19.3. The van der Waals surface area contributed by atoms with E-state index in [0.29, 0.717) is 31.0 Å². The third kappa shape index (κ3) is 4.23. The molecule has 8 nitrogen and oxygen atoms in total. The monoisotopic (exact) mass is 382 g/mol. The van der Waals surface area contributed by atoms with Crippen LogP contribution in [-0.4, -0.2) is 52.2 Å². The second-order valence-corrected chi connectivity index (χ2v) is 7.40. The highest BCUT2D eigenvalue weighted by Gasteiger charge is 2.34. The summed E-state index contributed by atoms with van der Waals surface area (Å²) in [6.07, 6.45) is 6.48. The number of carbonyl (C=O) groups is 2. The van der Waals surface area contributed by atoms with Crippen LogP contribution in [0.4, 0.5) is 5.69 Å². The Morgan fingerprint density at radius 1 is 1.21 bits per heavy atom. The molecule has 2 fully saturated rings. The number of likely N-dealkylation sites (tertiary alicyclic amines) is 1. The Bertz CT molecular complexity index is 816. The first kappa shape index (κ1) is 18.6. The van der Waals surface area contributed by atoms with Gasteiger partial charge in [0, 0.05) is 44.1 Å². The molecule has 2 amide bonds. The summed E-state index contributed by atoms with van der Waals surface area (Å²) in [5.41, 5.74) is 7.76. The summed E-state index contributed by atoms with van der Waals surface area (Å²) in [6, 6.07) is 9.01. The maximum atomic E-state index is 12.8. The van der Waals surface area contributed by atoms with Crippen LogP contribution in [0.2, 0.25) is 0 Å². The van der Waals surface area contributed by atoms with E-state index in [1.807, 2.05) is 36.5 Å². The number of anilines is 1. The summed E-state index contributed by atoms with van der Waals surface area (Å²) in [7, 11) is 0. The SMILES string of the molecule is O=C(Nc1cccc(-n2cccn2)c1)C1CCCN1C(=O)CCC1CNNC1. The molecular weight excluding hydrogens is 356 g/mol. The standard InChI is InChI=1S/C20H26N6O2/c27-19(8-7-15-13-21-22-14-15)25-10-2-6-18(25)20(28)24-16-4-1-5-17(12-16)26-11-3-9-23-26/h1,3-5,9,11-12,15,18,21-22H,2,6-8,10,13-14H2,(H,24,28). The zero-order valence-corrected chi connectivity index (χ0v) is 15.8. The van der Waals surface area contributed by atoms with Gasteiger partial charge in [-0.25, -0.2) is 4.68 Å². The van der Waals surface area contributed by atoms with E-state index in [2.05, 4.69) is 21.3 Å². The predicted molar refractivity (Wildman–Crippen MR) is 106 cm³/mol. The summed E-state index contributed by atoms with van der Waals surface area (Å²) >= 11 is 0. The molecular formula is C20H26N6O2. The molecule has 2 saturated heterocycles. The minimum absolute atomic E-state index is 0.0786. The first-order valence-electron chi connectivity index (χ1n) is 9.87. The van der Waals surface area contributed by atoms with Crippen molar-refractivity contribution in [2.45, 2.75) is 31.7 Å². The molecule has 148 valence electrons. The highest BCUT2D eigenvalue weighted by Crippen LogP contribution is 2.22. The Labute approximate surface area is 164 Å². The van der Waals surface area contributed by atoms with E-state index in [0.717, 1.165) is 31.6 Å². The largest absolute Gasteiger partial charge is 0.331 e. The molecule has 4 rings (SSSR count). The van der Waals surface area contributed by atoms with Crippen molar-refractivity contribution in [2.75, 3.05) is 25.0 Å². The molecule has 1 aromatic carbocycles. The van der Waals surface area contributed by atoms with Crippen LogP contribution in [-0.2, 0) is 9.59 Å². The number of nitrogens with zero attached hydrogens (tertiary/aromatic N) is 3. The average molecular weight is 382 g/mol. The summed E-state index contributed by atoms with van der Waals surface area (Å²) in [4.78, 5) is 27.3. The Kier molecular flexibility index (Phi) is 5.68. The number of rotatable bonds is 6. The smallest absolute Gasteiger partial charge is 0.247 e. The van der Waals surface area contributed by atoms with E-state index in [4.69, 9.17) is 0 Å². The van der Waals surface area contributed by atoms with Crippen LogP contribution in [0, 0.1) is 5.92 Å². The molecule has 2 aliphatic heterocycles. The van der Waals surface area contributed by atoms with Crippen molar-refractivity contribution in [3.63, 3.8) is 0 Å². The minimum atomic E-state index is -0.388. The van der Waals surface area contributed by atoms with Crippen molar-refractivity contribution < 1.29 is 9.59 Å². The average Bonchev–Trinajstić information content (AvgIpc) is 3.49. The minimum Gasteiger partial charge on any atom is -0.331 e. The third-order valence-corrected chi connectivity index (χ3v) is 5.43. The van der Waals surface area contributed by atoms with Gasteiger partial charge in [-0.3, -0.25) is 20.4 Å². The molecule has 3 N–H and O–H groups in total. The fourth-order valence-corrected chi connectivity index (χ4v) is 3.89. The summed E-state index contributed by atoms with van der Waals surface area (Å²) in [6.45, 7) is 2.44. The van der Waals surface area contributed by atoms with Crippen LogP contribution in [0.1, 0.15) is 25.7 Å². The molecule has 2 aliphatic rings. The Morgan fingerprint density at radius 3 is 2.86 bits per heavy atom. The van der Waals surface area contributed by atoms with Crippen LogP contribution in [0.3, 0.4) is 0 Å². The van der Waals surface area contributed by atoms with Gasteiger partial charge in [0.05, 0.1) is 5.69 Å². The molecule has 2 aromatic rings. The molecule has 1 atom stereocenters. The second-order valence-electron chi connectivity index (χ2n) is 7.40. The Balaban J connectivity index is 1.37. The predicted octanol–water partition coefficient (Wildman–Crippen LogP) is 1.31. The quantitative estimate of drug-likeness (QED) is 0.701. The van der Waals surface area contributed by atoms with Crippen LogP contribution in [0.25, 0.3) is 5.69 Å². The van der Waals surface area contributed by atoms with Gasteiger partial charge in [-0.15, -0.1) is 0 Å². The Hall–Kier alpha value is -2.71. The topological polar surface area (TPSA) is 91.3 Å². The van der Waals surface area contributed by atoms with Crippen LogP contribution >= 0.6 is 0 Å². The number of aromatic nitrogens is 2. The van der Waals surface area contributed by atoms with E-state index in [1.165, 1.54) is 0 Å². The molecule has 8 heteroatoms. The van der Waals surface area contributed by atoms with Gasteiger partial charge in [0.2, 0.25) is 11.8 Å². The van der Waals surface area contributed by atoms with Gasteiger partial charge in [-0.2, -0.15) is 5.10 Å². The van der Waals surface area contributed by atoms with Crippen LogP contribution in [0.5, 0.6) is 0 Å². The lowest BCUT2D eigenvalue weighted by Crippen LogP contribution is -2.43. The molecule has 28 heavy (non-hydrogen) atoms. The molecule has 0 spiro atoms. The summed E-state index contributed by atoms with van der Waals surface area (Å²) < 4.78 is 1.74. The van der Waals surface area contributed by atoms with Crippen LogP contribution in [0.15, 0.2) is 42.7 Å². The molecule has 1 unspecified atom stereocenters. The van der Waals surface area contributed by atoms with E-state index >= 15 is 0 Å². The number of hydrazine groups is 1. The van der Waals surface area contributed by atoms with Crippen molar-refractivity contribution in [2.24, 2.45) is 5.92 Å². The fraction of sp³-hybridized carbons (Fsp3) is 0.450. The van der Waals surface area contributed by atoms with Gasteiger partial charge in [0.25, 0.3) is 0 Å².